The average Bonchev–Trinajstić information content (AvgIpc) is 2.02. The SMILES string of the molecule is FC1(F)CCCC12CNC2. The molecule has 2 fully saturated rings. The molecule has 1 saturated carbocycles. The van der Waals surface area contributed by atoms with E-state index in [0.29, 0.717) is 25.9 Å². The average molecular weight is 147 g/mol. The van der Waals surface area contributed by atoms with Crippen LogP contribution in [-0.4, -0.2) is 19.0 Å². The first-order valence-corrected chi connectivity index (χ1v) is 3.75. The van der Waals surface area contributed by atoms with Gasteiger partial charge >= 0.3 is 0 Å². The molecule has 0 aromatic heterocycles. The van der Waals surface area contributed by atoms with Crippen molar-refractivity contribution in [2.24, 2.45) is 5.41 Å². The number of nitrogens with one attached hydrogen (secondary N) is 1. The summed E-state index contributed by atoms with van der Waals surface area (Å²) in [5, 5.41) is 2.92. The van der Waals surface area contributed by atoms with Crippen molar-refractivity contribution >= 4 is 0 Å². The standard InChI is InChI=1S/C7H11F2N/c8-7(9)3-1-2-6(7)4-10-5-6/h10H,1-5H2. The van der Waals surface area contributed by atoms with Crippen LogP contribution >= 0.6 is 0 Å². The highest BCUT2D eigenvalue weighted by atomic mass is 19.3. The molecular weight excluding hydrogens is 136 g/mol. The lowest BCUT2D eigenvalue weighted by atomic mass is 9.78. The van der Waals surface area contributed by atoms with Gasteiger partial charge in [-0.1, -0.05) is 0 Å². The van der Waals surface area contributed by atoms with E-state index in [0.717, 1.165) is 0 Å². The zero-order valence-electron chi connectivity index (χ0n) is 5.79. The van der Waals surface area contributed by atoms with Crippen LogP contribution in [0.5, 0.6) is 0 Å². The maximum absolute atomic E-state index is 13.0. The van der Waals surface area contributed by atoms with Crippen molar-refractivity contribution in [2.75, 3.05) is 13.1 Å². The Balaban J connectivity index is 2.20. The molecule has 3 heteroatoms. The van der Waals surface area contributed by atoms with E-state index in [1.807, 2.05) is 0 Å². The van der Waals surface area contributed by atoms with E-state index in [1.54, 1.807) is 0 Å². The monoisotopic (exact) mass is 147 g/mol. The number of halogens is 2. The molecule has 10 heavy (non-hydrogen) atoms. The predicted molar refractivity (Wildman–Crippen MR) is 34.1 cm³/mol. The van der Waals surface area contributed by atoms with E-state index >= 15 is 0 Å². The molecule has 1 saturated heterocycles. The summed E-state index contributed by atoms with van der Waals surface area (Å²) in [6.07, 6.45) is 1.52. The molecule has 0 atom stereocenters. The van der Waals surface area contributed by atoms with Crippen LogP contribution in [-0.2, 0) is 0 Å². The first-order valence-electron chi connectivity index (χ1n) is 3.75. The molecule has 0 radical (unpaired) electrons. The van der Waals surface area contributed by atoms with E-state index < -0.39 is 11.3 Å². The molecule has 0 unspecified atom stereocenters. The minimum absolute atomic E-state index is 0.106. The third-order valence-corrected chi connectivity index (χ3v) is 2.85. The van der Waals surface area contributed by atoms with Crippen LogP contribution in [0.3, 0.4) is 0 Å². The molecule has 1 aliphatic carbocycles. The van der Waals surface area contributed by atoms with Crippen LogP contribution in [0.4, 0.5) is 8.78 Å². The Morgan fingerprint density at radius 3 is 2.00 bits per heavy atom. The van der Waals surface area contributed by atoms with Gasteiger partial charge in [0.05, 0.1) is 5.41 Å². The van der Waals surface area contributed by atoms with Gasteiger partial charge in [-0.05, 0) is 12.8 Å². The fourth-order valence-electron chi connectivity index (χ4n) is 1.96. The highest BCUT2D eigenvalue weighted by Crippen LogP contribution is 2.52. The van der Waals surface area contributed by atoms with Crippen LogP contribution < -0.4 is 5.32 Å². The molecule has 58 valence electrons. The lowest BCUT2D eigenvalue weighted by Gasteiger charge is -2.43. The quantitative estimate of drug-likeness (QED) is 0.546. The Bertz CT molecular complexity index is 152. The molecule has 1 aliphatic heterocycles. The Morgan fingerprint density at radius 2 is 1.80 bits per heavy atom. The van der Waals surface area contributed by atoms with Crippen LogP contribution in [0.2, 0.25) is 0 Å². The predicted octanol–water partition coefficient (Wildman–Crippen LogP) is 1.40. The molecule has 2 aliphatic rings. The van der Waals surface area contributed by atoms with Gasteiger partial charge in [-0.15, -0.1) is 0 Å². The van der Waals surface area contributed by atoms with Crippen molar-refractivity contribution in [3.8, 4) is 0 Å². The normalized spacial score (nSPS) is 34.2. The number of rotatable bonds is 0. The number of hydrogen-bond acceptors (Lipinski definition) is 1. The summed E-state index contributed by atoms with van der Waals surface area (Å²) in [7, 11) is 0. The van der Waals surface area contributed by atoms with Crippen LogP contribution in [0.15, 0.2) is 0 Å². The summed E-state index contributed by atoms with van der Waals surface area (Å²) in [5.41, 5.74) is -0.632. The van der Waals surface area contributed by atoms with Crippen LogP contribution in [0.1, 0.15) is 19.3 Å². The van der Waals surface area contributed by atoms with Gasteiger partial charge in [0, 0.05) is 19.5 Å². The second-order valence-electron chi connectivity index (χ2n) is 3.44. The Morgan fingerprint density at radius 1 is 1.10 bits per heavy atom. The van der Waals surface area contributed by atoms with Gasteiger partial charge < -0.3 is 5.32 Å². The van der Waals surface area contributed by atoms with Crippen LogP contribution in [0, 0.1) is 5.41 Å². The minimum Gasteiger partial charge on any atom is -0.315 e. The van der Waals surface area contributed by atoms with Gasteiger partial charge in [-0.3, -0.25) is 0 Å². The number of hydrogen-bond donors (Lipinski definition) is 1. The van der Waals surface area contributed by atoms with Crippen molar-refractivity contribution in [2.45, 2.75) is 25.2 Å². The van der Waals surface area contributed by atoms with Gasteiger partial charge in [-0.25, -0.2) is 8.78 Å². The van der Waals surface area contributed by atoms with Gasteiger partial charge in [0.15, 0.2) is 0 Å². The Hall–Kier alpha value is -0.180. The molecule has 0 amide bonds. The largest absolute Gasteiger partial charge is 0.315 e. The summed E-state index contributed by atoms with van der Waals surface area (Å²) in [5.74, 6) is -2.38. The summed E-state index contributed by atoms with van der Waals surface area (Å²) in [6, 6.07) is 0. The fraction of sp³-hybridized carbons (Fsp3) is 1.00. The molecule has 1 N–H and O–H groups in total. The second-order valence-corrected chi connectivity index (χ2v) is 3.44. The lowest BCUT2D eigenvalue weighted by molar-refractivity contribution is -0.122. The smallest absolute Gasteiger partial charge is 0.256 e. The molecular formula is C7H11F2N. The van der Waals surface area contributed by atoms with Gasteiger partial charge in [0.1, 0.15) is 0 Å². The van der Waals surface area contributed by atoms with Gasteiger partial charge in [0.2, 0.25) is 0 Å². The number of alkyl halides is 2. The summed E-state index contributed by atoms with van der Waals surface area (Å²) >= 11 is 0. The Kier molecular flexibility index (Phi) is 1.11. The zero-order valence-corrected chi connectivity index (χ0v) is 5.79. The summed E-state index contributed by atoms with van der Waals surface area (Å²) in [4.78, 5) is 0. The van der Waals surface area contributed by atoms with E-state index in [2.05, 4.69) is 5.32 Å². The van der Waals surface area contributed by atoms with Crippen molar-refractivity contribution in [1.82, 2.24) is 5.32 Å². The molecule has 0 aromatic carbocycles. The van der Waals surface area contributed by atoms with E-state index in [-0.39, 0.29) is 6.42 Å². The van der Waals surface area contributed by atoms with Gasteiger partial charge in [-0.2, -0.15) is 0 Å². The van der Waals surface area contributed by atoms with E-state index in [9.17, 15) is 8.78 Å². The van der Waals surface area contributed by atoms with E-state index in [4.69, 9.17) is 0 Å². The molecule has 2 rings (SSSR count). The van der Waals surface area contributed by atoms with Crippen LogP contribution in [0.25, 0.3) is 0 Å². The highest BCUT2D eigenvalue weighted by molar-refractivity contribution is 5.05. The maximum atomic E-state index is 13.0. The van der Waals surface area contributed by atoms with Crippen molar-refractivity contribution < 1.29 is 8.78 Å². The molecule has 0 aromatic rings. The third kappa shape index (κ3) is 0.590. The topological polar surface area (TPSA) is 12.0 Å². The highest BCUT2D eigenvalue weighted by Gasteiger charge is 2.59. The second kappa shape index (κ2) is 1.70. The van der Waals surface area contributed by atoms with Crippen molar-refractivity contribution in [3.63, 3.8) is 0 Å². The zero-order chi connectivity index (χ0) is 7.24. The van der Waals surface area contributed by atoms with E-state index in [1.165, 1.54) is 0 Å². The molecule has 1 nitrogen and oxygen atoms in total. The summed E-state index contributed by atoms with van der Waals surface area (Å²) < 4.78 is 26.0. The minimum atomic E-state index is -2.38. The lowest BCUT2D eigenvalue weighted by Crippen LogP contribution is -2.60. The fourth-order valence-corrected chi connectivity index (χ4v) is 1.96. The maximum Gasteiger partial charge on any atom is 0.256 e. The first kappa shape index (κ1) is 6.53. The molecule has 0 bridgehead atoms. The Labute approximate surface area is 58.8 Å². The first-order chi connectivity index (χ1) is 4.66. The third-order valence-electron chi connectivity index (χ3n) is 2.85. The van der Waals surface area contributed by atoms with Gasteiger partial charge in [0.25, 0.3) is 5.92 Å². The molecule has 1 spiro atoms. The van der Waals surface area contributed by atoms with Crippen molar-refractivity contribution in [3.05, 3.63) is 0 Å². The van der Waals surface area contributed by atoms with Crippen molar-refractivity contribution in [1.29, 1.82) is 0 Å². The molecule has 1 heterocycles. The summed E-state index contributed by atoms with van der Waals surface area (Å²) in [6.45, 7) is 1.06.